The third-order valence-electron chi connectivity index (χ3n) is 3.14. The van der Waals surface area contributed by atoms with Gasteiger partial charge in [-0.15, -0.1) is 0 Å². The van der Waals surface area contributed by atoms with Gasteiger partial charge in [-0.1, -0.05) is 30.3 Å². The fraction of sp³-hybridized carbons (Fsp3) is 0.188. The van der Waals surface area contributed by atoms with Gasteiger partial charge in [0, 0.05) is 18.3 Å². The number of aryl methyl sites for hydroxylation is 1. The zero-order chi connectivity index (χ0) is 15.2. The lowest BCUT2D eigenvalue weighted by atomic mass is 10.1. The summed E-state index contributed by atoms with van der Waals surface area (Å²) in [6, 6.07) is 11.5. The minimum absolute atomic E-state index is 0.237. The largest absolute Gasteiger partial charge is 0.480 e. The number of amides is 1. The number of nitrogens with zero attached hydrogens (tertiary/aromatic N) is 1. The number of carboxylic acid groups (broad SMARTS) is 1. The Morgan fingerprint density at radius 3 is 2.52 bits per heavy atom. The molecule has 5 heteroatoms. The molecule has 108 valence electrons. The maximum Gasteiger partial charge on any atom is 0.326 e. The van der Waals surface area contributed by atoms with Crippen molar-refractivity contribution in [3.63, 3.8) is 0 Å². The molecular weight excluding hydrogens is 268 g/mol. The number of pyridine rings is 1. The Bertz CT molecular complexity index is 641. The second kappa shape index (κ2) is 6.65. The van der Waals surface area contributed by atoms with Gasteiger partial charge in [0.05, 0.1) is 5.56 Å². The Morgan fingerprint density at radius 1 is 1.19 bits per heavy atom. The molecule has 0 aliphatic carbocycles. The lowest BCUT2D eigenvalue weighted by Crippen LogP contribution is -2.42. The van der Waals surface area contributed by atoms with Gasteiger partial charge >= 0.3 is 5.97 Å². The van der Waals surface area contributed by atoms with Crippen LogP contribution in [-0.2, 0) is 11.2 Å². The van der Waals surface area contributed by atoms with E-state index in [-0.39, 0.29) is 6.42 Å². The van der Waals surface area contributed by atoms with Gasteiger partial charge < -0.3 is 10.4 Å². The average molecular weight is 284 g/mol. The van der Waals surface area contributed by atoms with Crippen LogP contribution in [0.2, 0.25) is 0 Å². The highest BCUT2D eigenvalue weighted by Crippen LogP contribution is 2.07. The van der Waals surface area contributed by atoms with Crippen molar-refractivity contribution in [3.8, 4) is 0 Å². The van der Waals surface area contributed by atoms with E-state index in [1.165, 1.54) is 0 Å². The predicted octanol–water partition coefficient (Wildman–Crippen LogP) is 1.82. The summed E-state index contributed by atoms with van der Waals surface area (Å²) in [7, 11) is 0. The van der Waals surface area contributed by atoms with Crippen molar-refractivity contribution in [2.24, 2.45) is 0 Å². The second-order valence-electron chi connectivity index (χ2n) is 4.69. The molecule has 2 N–H and O–H groups in total. The minimum Gasteiger partial charge on any atom is -0.480 e. The molecule has 1 unspecified atom stereocenters. The Kier molecular flexibility index (Phi) is 4.66. The third-order valence-corrected chi connectivity index (χ3v) is 3.14. The number of carboxylic acids is 1. The van der Waals surface area contributed by atoms with Crippen LogP contribution in [0.5, 0.6) is 0 Å². The van der Waals surface area contributed by atoms with Crippen molar-refractivity contribution in [3.05, 3.63) is 65.5 Å². The Balaban J connectivity index is 2.12. The molecule has 1 aromatic carbocycles. The highest BCUT2D eigenvalue weighted by Gasteiger charge is 2.21. The summed E-state index contributed by atoms with van der Waals surface area (Å²) in [5.74, 6) is -1.49. The molecule has 0 saturated heterocycles. The minimum atomic E-state index is -1.06. The van der Waals surface area contributed by atoms with Crippen LogP contribution >= 0.6 is 0 Å². The maximum atomic E-state index is 12.2. The second-order valence-corrected chi connectivity index (χ2v) is 4.69. The van der Waals surface area contributed by atoms with Crippen molar-refractivity contribution in [1.29, 1.82) is 0 Å². The molecule has 0 bridgehead atoms. The molecule has 0 saturated carbocycles. The summed E-state index contributed by atoms with van der Waals surface area (Å²) in [6.07, 6.45) is 1.83. The van der Waals surface area contributed by atoms with E-state index in [0.717, 1.165) is 5.56 Å². The van der Waals surface area contributed by atoms with Crippen LogP contribution in [0.3, 0.4) is 0 Å². The van der Waals surface area contributed by atoms with Crippen molar-refractivity contribution in [2.75, 3.05) is 0 Å². The molecule has 0 aliphatic rings. The number of carbonyl (C=O) groups excluding carboxylic acids is 1. The van der Waals surface area contributed by atoms with Crippen molar-refractivity contribution in [1.82, 2.24) is 10.3 Å². The van der Waals surface area contributed by atoms with Crippen molar-refractivity contribution in [2.45, 2.75) is 19.4 Å². The van der Waals surface area contributed by atoms with Gasteiger partial charge in [-0.3, -0.25) is 9.78 Å². The number of benzene rings is 1. The first-order valence-electron chi connectivity index (χ1n) is 6.57. The molecule has 1 heterocycles. The lowest BCUT2D eigenvalue weighted by Gasteiger charge is -2.15. The molecular formula is C16H16N2O3. The number of nitrogens with one attached hydrogen (secondary N) is 1. The van der Waals surface area contributed by atoms with Gasteiger partial charge in [0.25, 0.3) is 5.91 Å². The smallest absolute Gasteiger partial charge is 0.326 e. The molecule has 0 aliphatic heterocycles. The van der Waals surface area contributed by atoms with Crippen molar-refractivity contribution < 1.29 is 14.7 Å². The van der Waals surface area contributed by atoms with Crippen LogP contribution in [-0.4, -0.2) is 28.0 Å². The number of hydrogen-bond donors (Lipinski definition) is 2. The highest BCUT2D eigenvalue weighted by atomic mass is 16.4. The van der Waals surface area contributed by atoms with E-state index >= 15 is 0 Å². The SMILES string of the molecule is Cc1ncccc1C(=O)NC(Cc1ccccc1)C(=O)O. The molecule has 5 nitrogen and oxygen atoms in total. The summed E-state index contributed by atoms with van der Waals surface area (Å²) in [5.41, 5.74) is 1.81. The Morgan fingerprint density at radius 2 is 1.90 bits per heavy atom. The summed E-state index contributed by atoms with van der Waals surface area (Å²) >= 11 is 0. The van der Waals surface area contributed by atoms with E-state index in [1.807, 2.05) is 30.3 Å². The van der Waals surface area contributed by atoms with Crippen LogP contribution in [0.4, 0.5) is 0 Å². The molecule has 0 fully saturated rings. The summed E-state index contributed by atoms with van der Waals surface area (Å²) in [6.45, 7) is 1.71. The van der Waals surface area contributed by atoms with Crippen LogP contribution in [0.1, 0.15) is 21.6 Å². The number of aromatic nitrogens is 1. The fourth-order valence-electron chi connectivity index (χ4n) is 2.01. The number of carbonyl (C=O) groups is 2. The number of rotatable bonds is 5. The average Bonchev–Trinajstić information content (AvgIpc) is 2.48. The predicted molar refractivity (Wildman–Crippen MR) is 78.0 cm³/mol. The van der Waals surface area contributed by atoms with Gasteiger partial charge in [-0.2, -0.15) is 0 Å². The van der Waals surface area contributed by atoms with Gasteiger partial charge in [0.1, 0.15) is 6.04 Å². The normalized spacial score (nSPS) is 11.7. The molecule has 21 heavy (non-hydrogen) atoms. The van der Waals surface area contributed by atoms with E-state index in [4.69, 9.17) is 0 Å². The first kappa shape index (κ1) is 14.7. The number of hydrogen-bond acceptors (Lipinski definition) is 3. The van der Waals surface area contributed by atoms with Crippen LogP contribution < -0.4 is 5.32 Å². The van der Waals surface area contributed by atoms with Gasteiger partial charge in [0.15, 0.2) is 0 Å². The van der Waals surface area contributed by atoms with Crippen LogP contribution in [0.25, 0.3) is 0 Å². The monoisotopic (exact) mass is 284 g/mol. The zero-order valence-corrected chi connectivity index (χ0v) is 11.6. The van der Waals surface area contributed by atoms with Crippen LogP contribution in [0, 0.1) is 6.92 Å². The summed E-state index contributed by atoms with van der Waals surface area (Å²) in [5, 5.41) is 11.8. The van der Waals surface area contributed by atoms with E-state index in [2.05, 4.69) is 10.3 Å². The van der Waals surface area contributed by atoms with Crippen molar-refractivity contribution >= 4 is 11.9 Å². The van der Waals surface area contributed by atoms with Gasteiger partial charge in [-0.05, 0) is 24.6 Å². The van der Waals surface area contributed by atoms with Gasteiger partial charge in [-0.25, -0.2) is 4.79 Å². The maximum absolute atomic E-state index is 12.2. The first-order chi connectivity index (χ1) is 10.1. The van der Waals surface area contributed by atoms with E-state index in [0.29, 0.717) is 11.3 Å². The van der Waals surface area contributed by atoms with Gasteiger partial charge in [0.2, 0.25) is 0 Å². The molecule has 2 rings (SSSR count). The third kappa shape index (κ3) is 3.89. The standard InChI is InChI=1S/C16H16N2O3/c1-11-13(8-5-9-17-11)15(19)18-14(16(20)21)10-12-6-3-2-4-7-12/h2-9,14H,10H2,1H3,(H,18,19)(H,20,21). The lowest BCUT2D eigenvalue weighted by molar-refractivity contribution is -0.139. The molecule has 2 aromatic rings. The summed E-state index contributed by atoms with van der Waals surface area (Å²) < 4.78 is 0. The quantitative estimate of drug-likeness (QED) is 0.877. The first-order valence-corrected chi connectivity index (χ1v) is 6.57. The van der Waals surface area contributed by atoms with Crippen LogP contribution in [0.15, 0.2) is 48.7 Å². The molecule has 1 aromatic heterocycles. The molecule has 1 atom stereocenters. The molecule has 1 amide bonds. The van der Waals surface area contributed by atoms with E-state index in [1.54, 1.807) is 25.3 Å². The zero-order valence-electron chi connectivity index (χ0n) is 11.6. The Labute approximate surface area is 122 Å². The van der Waals surface area contributed by atoms with E-state index in [9.17, 15) is 14.7 Å². The molecule has 0 spiro atoms. The number of aliphatic carboxylic acids is 1. The molecule has 0 radical (unpaired) electrons. The fourth-order valence-corrected chi connectivity index (χ4v) is 2.01. The Hall–Kier alpha value is -2.69. The highest BCUT2D eigenvalue weighted by molar-refractivity contribution is 5.97. The summed E-state index contributed by atoms with van der Waals surface area (Å²) in [4.78, 5) is 27.5. The topological polar surface area (TPSA) is 79.3 Å². The van der Waals surface area contributed by atoms with E-state index < -0.39 is 17.9 Å².